The van der Waals surface area contributed by atoms with Gasteiger partial charge in [-0.3, -0.25) is 0 Å². The van der Waals surface area contributed by atoms with Crippen LogP contribution in [0.5, 0.6) is 0 Å². The highest BCUT2D eigenvalue weighted by atomic mass is 15.0. The van der Waals surface area contributed by atoms with E-state index in [1.807, 2.05) is 6.07 Å². The number of anilines is 4. The molecule has 0 saturated heterocycles. The number of aromatic nitrogens is 2. The van der Waals surface area contributed by atoms with Gasteiger partial charge in [0.25, 0.3) is 0 Å². The van der Waals surface area contributed by atoms with Gasteiger partial charge >= 0.3 is 0 Å². The van der Waals surface area contributed by atoms with Gasteiger partial charge in [0, 0.05) is 0 Å². The van der Waals surface area contributed by atoms with Crippen molar-refractivity contribution in [2.75, 3.05) is 10.6 Å². The summed E-state index contributed by atoms with van der Waals surface area (Å²) in [7, 11) is 0. The van der Waals surface area contributed by atoms with Crippen LogP contribution in [0.15, 0.2) is 48.5 Å². The quantitative estimate of drug-likeness (QED) is 0.386. The van der Waals surface area contributed by atoms with E-state index in [2.05, 4.69) is 66.9 Å². The van der Waals surface area contributed by atoms with E-state index in [1.165, 1.54) is 11.1 Å². The Morgan fingerprint density at radius 1 is 0.542 bits per heavy atom. The summed E-state index contributed by atoms with van der Waals surface area (Å²) in [6, 6.07) is 16.6. The number of nitrogens with one attached hydrogen (secondary N) is 2. The smallest absolute Gasteiger partial charge is 0.0916 e. The molecule has 0 bridgehead atoms. The number of hydrogen-bond acceptors (Lipinski definition) is 4. The van der Waals surface area contributed by atoms with Gasteiger partial charge in [0.2, 0.25) is 0 Å². The van der Waals surface area contributed by atoms with Gasteiger partial charge in [-0.05, 0) is 61.4 Å². The molecule has 0 amide bonds. The zero-order valence-electron chi connectivity index (χ0n) is 13.5. The summed E-state index contributed by atoms with van der Waals surface area (Å²) in [4.78, 5) is 9.56. The largest absolute Gasteiger partial charge is 0.352 e. The van der Waals surface area contributed by atoms with Crippen molar-refractivity contribution in [2.24, 2.45) is 0 Å². The molecule has 1 aliphatic rings. The van der Waals surface area contributed by atoms with Gasteiger partial charge in [0.1, 0.15) is 0 Å². The number of nitrogens with zero attached hydrogens (tertiary/aromatic N) is 2. The minimum Gasteiger partial charge on any atom is -0.352 e. The minimum absolute atomic E-state index is 0.899. The van der Waals surface area contributed by atoms with Gasteiger partial charge in [0.15, 0.2) is 0 Å². The van der Waals surface area contributed by atoms with Gasteiger partial charge in [0.05, 0.1) is 44.8 Å². The highest BCUT2D eigenvalue weighted by Gasteiger charge is 2.16. The lowest BCUT2D eigenvalue weighted by Gasteiger charge is -2.23. The topological polar surface area (TPSA) is 49.8 Å². The standard InChI is InChI=1S/C20H16N4/c1-11-3-5-13-15(7-11)23-19-9-18-20(10-17(19)21-13)24-16-8-12(2)4-6-14(16)22-18/h3-10,21,23H,1-2H3. The van der Waals surface area contributed by atoms with Crippen molar-refractivity contribution in [2.45, 2.75) is 13.8 Å². The Labute approximate surface area is 139 Å². The lowest BCUT2D eigenvalue weighted by atomic mass is 10.1. The van der Waals surface area contributed by atoms with Crippen LogP contribution in [0.2, 0.25) is 0 Å². The van der Waals surface area contributed by atoms with Crippen LogP contribution in [0.3, 0.4) is 0 Å². The maximum Gasteiger partial charge on any atom is 0.0916 e. The van der Waals surface area contributed by atoms with Crippen molar-refractivity contribution < 1.29 is 0 Å². The van der Waals surface area contributed by atoms with E-state index < -0.39 is 0 Å². The second kappa shape index (κ2) is 4.68. The zero-order chi connectivity index (χ0) is 16.3. The summed E-state index contributed by atoms with van der Waals surface area (Å²) >= 11 is 0. The minimum atomic E-state index is 0.899. The van der Waals surface area contributed by atoms with Crippen LogP contribution in [-0.2, 0) is 0 Å². The van der Waals surface area contributed by atoms with Crippen molar-refractivity contribution in [3.8, 4) is 0 Å². The molecule has 0 atom stereocenters. The molecular weight excluding hydrogens is 296 g/mol. The van der Waals surface area contributed by atoms with Crippen LogP contribution in [0.4, 0.5) is 22.7 Å². The molecule has 3 aromatic carbocycles. The molecule has 5 rings (SSSR count). The first-order valence-corrected chi connectivity index (χ1v) is 8.03. The molecule has 0 spiro atoms. The third kappa shape index (κ3) is 2.00. The van der Waals surface area contributed by atoms with Crippen molar-refractivity contribution in [3.63, 3.8) is 0 Å². The Hall–Kier alpha value is -3.14. The van der Waals surface area contributed by atoms with Gasteiger partial charge in [-0.25, -0.2) is 9.97 Å². The van der Waals surface area contributed by atoms with Crippen LogP contribution < -0.4 is 10.6 Å². The van der Waals surface area contributed by atoms with Gasteiger partial charge < -0.3 is 10.6 Å². The highest BCUT2D eigenvalue weighted by Crippen LogP contribution is 2.40. The summed E-state index contributed by atoms with van der Waals surface area (Å²) < 4.78 is 0. The monoisotopic (exact) mass is 312 g/mol. The molecule has 1 aliphatic heterocycles. The number of fused-ring (bicyclic) bond motifs is 4. The normalized spacial score (nSPS) is 12.4. The lowest BCUT2D eigenvalue weighted by molar-refractivity contribution is 1.35. The van der Waals surface area contributed by atoms with Crippen molar-refractivity contribution in [1.82, 2.24) is 9.97 Å². The highest BCUT2D eigenvalue weighted by molar-refractivity contribution is 5.98. The molecule has 0 aliphatic carbocycles. The van der Waals surface area contributed by atoms with Gasteiger partial charge in [-0.2, -0.15) is 0 Å². The molecule has 1 aromatic heterocycles. The number of aryl methyl sites for hydroxylation is 2. The molecule has 4 nitrogen and oxygen atoms in total. The van der Waals surface area contributed by atoms with E-state index in [1.54, 1.807) is 0 Å². The Kier molecular flexibility index (Phi) is 2.59. The SMILES string of the molecule is Cc1ccc2c(c1)Nc1cc3nc4ccc(C)cc4nc3cc1N2. The van der Waals surface area contributed by atoms with E-state index in [9.17, 15) is 0 Å². The third-order valence-corrected chi connectivity index (χ3v) is 4.44. The summed E-state index contributed by atoms with van der Waals surface area (Å²) in [6.45, 7) is 4.17. The van der Waals surface area contributed by atoms with E-state index in [4.69, 9.17) is 9.97 Å². The molecule has 4 aromatic rings. The summed E-state index contributed by atoms with van der Waals surface area (Å²) in [5.41, 5.74) is 10.3. The van der Waals surface area contributed by atoms with E-state index >= 15 is 0 Å². The Morgan fingerprint density at radius 2 is 1.08 bits per heavy atom. The zero-order valence-corrected chi connectivity index (χ0v) is 13.5. The molecule has 2 heterocycles. The molecular formula is C20H16N4. The number of benzene rings is 3. The fourth-order valence-electron chi connectivity index (χ4n) is 3.20. The van der Waals surface area contributed by atoms with Crippen molar-refractivity contribution in [1.29, 1.82) is 0 Å². The first-order chi connectivity index (χ1) is 11.7. The lowest BCUT2D eigenvalue weighted by Crippen LogP contribution is -2.07. The Bertz CT molecular complexity index is 1130. The average Bonchev–Trinajstić information content (AvgIpc) is 2.56. The summed E-state index contributed by atoms with van der Waals surface area (Å²) in [5, 5.41) is 6.99. The Balaban J connectivity index is 1.71. The first-order valence-electron chi connectivity index (χ1n) is 8.03. The fourth-order valence-corrected chi connectivity index (χ4v) is 3.20. The van der Waals surface area contributed by atoms with Crippen molar-refractivity contribution >= 4 is 44.8 Å². The maximum atomic E-state index is 4.79. The summed E-state index contributed by atoms with van der Waals surface area (Å²) in [5.74, 6) is 0. The molecule has 4 heteroatoms. The second-order valence-electron chi connectivity index (χ2n) is 6.40. The van der Waals surface area contributed by atoms with Gasteiger partial charge in [-0.15, -0.1) is 0 Å². The van der Waals surface area contributed by atoms with E-state index in [0.717, 1.165) is 44.8 Å². The molecule has 2 N–H and O–H groups in total. The Morgan fingerprint density at radius 3 is 1.88 bits per heavy atom. The second-order valence-corrected chi connectivity index (χ2v) is 6.40. The van der Waals surface area contributed by atoms with Crippen LogP contribution in [0, 0.1) is 13.8 Å². The molecule has 0 saturated carbocycles. The number of hydrogen-bond donors (Lipinski definition) is 2. The first kappa shape index (κ1) is 13.3. The fraction of sp³-hybridized carbons (Fsp3) is 0.100. The average molecular weight is 312 g/mol. The van der Waals surface area contributed by atoms with Crippen molar-refractivity contribution in [3.05, 3.63) is 59.7 Å². The maximum absolute atomic E-state index is 4.79. The molecule has 116 valence electrons. The van der Waals surface area contributed by atoms with Crippen LogP contribution in [0.1, 0.15) is 11.1 Å². The van der Waals surface area contributed by atoms with E-state index in [-0.39, 0.29) is 0 Å². The number of rotatable bonds is 0. The predicted octanol–water partition coefficient (Wildman–Crippen LogP) is 5.20. The van der Waals surface area contributed by atoms with Crippen LogP contribution in [0.25, 0.3) is 22.1 Å². The van der Waals surface area contributed by atoms with Crippen LogP contribution in [-0.4, -0.2) is 9.97 Å². The molecule has 0 fully saturated rings. The van der Waals surface area contributed by atoms with E-state index in [0.29, 0.717) is 0 Å². The molecule has 0 unspecified atom stereocenters. The summed E-state index contributed by atoms with van der Waals surface area (Å²) in [6.07, 6.45) is 0. The molecule has 0 radical (unpaired) electrons. The molecule has 24 heavy (non-hydrogen) atoms. The van der Waals surface area contributed by atoms with Gasteiger partial charge in [-0.1, -0.05) is 12.1 Å². The third-order valence-electron chi connectivity index (χ3n) is 4.44. The van der Waals surface area contributed by atoms with Crippen LogP contribution >= 0.6 is 0 Å². The predicted molar refractivity (Wildman–Crippen MR) is 99.5 cm³/mol.